The van der Waals surface area contributed by atoms with Crippen LogP contribution in [0.25, 0.3) is 10.9 Å². The van der Waals surface area contributed by atoms with Crippen molar-refractivity contribution in [3.05, 3.63) is 108 Å². The molecular weight excluding hydrogens is 318 g/mol. The summed E-state index contributed by atoms with van der Waals surface area (Å²) in [6.45, 7) is 0.641. The standard InChI is InChI=1S/C24H17NO/c26-24(16-15-19-9-3-1-4-10-19)23-17-21-13-7-8-14-22(21)25(23)18-20-11-5-2-6-12-20/h1-14,17H,18H2. The van der Waals surface area contributed by atoms with Crippen molar-refractivity contribution in [1.29, 1.82) is 0 Å². The maximum atomic E-state index is 12.8. The smallest absolute Gasteiger partial charge is 0.252 e. The zero-order chi connectivity index (χ0) is 17.8. The minimum absolute atomic E-state index is 0.166. The van der Waals surface area contributed by atoms with Gasteiger partial charge in [-0.05, 0) is 35.7 Å². The number of Topliss-reactive ketones (excluding diaryl/α,β-unsaturated/α-hetero) is 1. The molecule has 0 fully saturated rings. The zero-order valence-corrected chi connectivity index (χ0v) is 14.2. The minimum atomic E-state index is -0.166. The largest absolute Gasteiger partial charge is 0.333 e. The Kier molecular flexibility index (Phi) is 4.37. The molecule has 26 heavy (non-hydrogen) atoms. The van der Waals surface area contributed by atoms with Gasteiger partial charge in [0.1, 0.15) is 0 Å². The van der Waals surface area contributed by atoms with Gasteiger partial charge in [0.25, 0.3) is 5.78 Å². The summed E-state index contributed by atoms with van der Waals surface area (Å²) in [4.78, 5) is 12.8. The van der Waals surface area contributed by atoms with Crippen LogP contribution >= 0.6 is 0 Å². The second-order valence-electron chi connectivity index (χ2n) is 6.11. The monoisotopic (exact) mass is 335 g/mol. The predicted octanol–water partition coefficient (Wildman–Crippen LogP) is 4.92. The zero-order valence-electron chi connectivity index (χ0n) is 14.2. The summed E-state index contributed by atoms with van der Waals surface area (Å²) in [6.07, 6.45) is 0. The van der Waals surface area contributed by atoms with E-state index in [1.165, 1.54) is 0 Å². The van der Waals surface area contributed by atoms with Crippen molar-refractivity contribution < 1.29 is 4.79 Å². The Labute approximate surface area is 152 Å². The van der Waals surface area contributed by atoms with Gasteiger partial charge in [0.05, 0.1) is 5.69 Å². The molecule has 0 radical (unpaired) electrons. The molecule has 0 aliphatic carbocycles. The molecule has 0 unspecified atom stereocenters. The Hall–Kier alpha value is -3.57. The molecule has 0 saturated carbocycles. The van der Waals surface area contributed by atoms with Crippen molar-refractivity contribution in [3.63, 3.8) is 0 Å². The molecule has 1 heterocycles. The van der Waals surface area contributed by atoms with Gasteiger partial charge in [-0.15, -0.1) is 0 Å². The first-order chi connectivity index (χ1) is 12.8. The van der Waals surface area contributed by atoms with Gasteiger partial charge in [-0.2, -0.15) is 0 Å². The molecule has 0 spiro atoms. The van der Waals surface area contributed by atoms with Crippen molar-refractivity contribution in [3.8, 4) is 11.8 Å². The van der Waals surface area contributed by atoms with Crippen LogP contribution in [-0.2, 0) is 6.54 Å². The van der Waals surface area contributed by atoms with Gasteiger partial charge in [-0.25, -0.2) is 0 Å². The lowest BCUT2D eigenvalue weighted by Crippen LogP contribution is -2.08. The van der Waals surface area contributed by atoms with Crippen molar-refractivity contribution in [2.45, 2.75) is 6.54 Å². The van der Waals surface area contributed by atoms with Gasteiger partial charge < -0.3 is 4.57 Å². The number of para-hydroxylation sites is 1. The Morgan fingerprint density at radius 2 is 1.46 bits per heavy atom. The van der Waals surface area contributed by atoms with Crippen LogP contribution in [0.1, 0.15) is 21.6 Å². The molecule has 0 saturated heterocycles. The van der Waals surface area contributed by atoms with Gasteiger partial charge in [-0.3, -0.25) is 4.79 Å². The summed E-state index contributed by atoms with van der Waals surface area (Å²) in [5.41, 5.74) is 3.66. The third kappa shape index (κ3) is 3.29. The van der Waals surface area contributed by atoms with E-state index in [4.69, 9.17) is 0 Å². The number of fused-ring (bicyclic) bond motifs is 1. The van der Waals surface area contributed by atoms with Gasteiger partial charge in [0.15, 0.2) is 0 Å². The maximum absolute atomic E-state index is 12.8. The highest BCUT2D eigenvalue weighted by Crippen LogP contribution is 2.21. The quantitative estimate of drug-likeness (QED) is 0.384. The average Bonchev–Trinajstić information content (AvgIpc) is 3.06. The van der Waals surface area contributed by atoms with E-state index in [9.17, 15) is 4.79 Å². The summed E-state index contributed by atoms with van der Waals surface area (Å²) in [6, 6.07) is 29.7. The molecule has 4 rings (SSSR count). The Bertz CT molecular complexity index is 1110. The Morgan fingerprint density at radius 1 is 0.808 bits per heavy atom. The molecule has 1 aromatic heterocycles. The van der Waals surface area contributed by atoms with E-state index in [0.717, 1.165) is 22.0 Å². The molecule has 0 aliphatic rings. The summed E-state index contributed by atoms with van der Waals surface area (Å²) in [5, 5.41) is 1.05. The highest BCUT2D eigenvalue weighted by atomic mass is 16.1. The number of hydrogen-bond donors (Lipinski definition) is 0. The number of rotatable bonds is 3. The fourth-order valence-corrected chi connectivity index (χ4v) is 3.05. The number of nitrogens with zero attached hydrogens (tertiary/aromatic N) is 1. The summed E-state index contributed by atoms with van der Waals surface area (Å²) in [7, 11) is 0. The predicted molar refractivity (Wildman–Crippen MR) is 105 cm³/mol. The van der Waals surface area contributed by atoms with Gasteiger partial charge in [0.2, 0.25) is 0 Å². The van der Waals surface area contributed by atoms with E-state index >= 15 is 0 Å². The van der Waals surface area contributed by atoms with Crippen molar-refractivity contribution in [2.24, 2.45) is 0 Å². The molecule has 0 N–H and O–H groups in total. The van der Waals surface area contributed by atoms with Gasteiger partial charge >= 0.3 is 0 Å². The van der Waals surface area contributed by atoms with Crippen LogP contribution in [-0.4, -0.2) is 10.4 Å². The first-order valence-electron chi connectivity index (χ1n) is 8.55. The van der Waals surface area contributed by atoms with Crippen LogP contribution < -0.4 is 0 Å². The topological polar surface area (TPSA) is 22.0 Å². The van der Waals surface area contributed by atoms with E-state index in [1.807, 2.05) is 83.4 Å². The third-order valence-corrected chi connectivity index (χ3v) is 4.32. The van der Waals surface area contributed by atoms with Crippen LogP contribution in [0.15, 0.2) is 91.0 Å². The van der Waals surface area contributed by atoms with Gasteiger partial charge in [0, 0.05) is 23.0 Å². The number of carbonyl (C=O) groups is 1. The van der Waals surface area contributed by atoms with Crippen LogP contribution in [0, 0.1) is 11.8 Å². The van der Waals surface area contributed by atoms with E-state index in [2.05, 4.69) is 24.0 Å². The number of aromatic nitrogens is 1. The number of carbonyl (C=O) groups excluding carboxylic acids is 1. The molecule has 0 bridgehead atoms. The molecule has 2 heteroatoms. The molecule has 0 atom stereocenters. The summed E-state index contributed by atoms with van der Waals surface area (Å²) >= 11 is 0. The van der Waals surface area contributed by atoms with Crippen molar-refractivity contribution in [2.75, 3.05) is 0 Å². The molecular formula is C24H17NO. The Balaban J connectivity index is 1.76. The average molecular weight is 335 g/mol. The Morgan fingerprint density at radius 3 is 2.23 bits per heavy atom. The first kappa shape index (κ1) is 15.9. The van der Waals surface area contributed by atoms with E-state index < -0.39 is 0 Å². The number of benzene rings is 3. The van der Waals surface area contributed by atoms with Crippen LogP contribution in [0.4, 0.5) is 0 Å². The summed E-state index contributed by atoms with van der Waals surface area (Å²) < 4.78 is 2.05. The molecule has 124 valence electrons. The number of hydrogen-bond acceptors (Lipinski definition) is 1. The first-order valence-corrected chi connectivity index (χ1v) is 8.55. The fraction of sp³-hybridized carbons (Fsp3) is 0.0417. The summed E-state index contributed by atoms with van der Waals surface area (Å²) in [5.74, 6) is 5.59. The normalized spacial score (nSPS) is 10.3. The third-order valence-electron chi connectivity index (χ3n) is 4.32. The lowest BCUT2D eigenvalue weighted by Gasteiger charge is -2.09. The van der Waals surface area contributed by atoms with Crippen LogP contribution in [0.5, 0.6) is 0 Å². The van der Waals surface area contributed by atoms with E-state index in [-0.39, 0.29) is 5.78 Å². The molecule has 2 nitrogen and oxygen atoms in total. The highest BCUT2D eigenvalue weighted by molar-refractivity contribution is 6.10. The molecule has 4 aromatic rings. The lowest BCUT2D eigenvalue weighted by atomic mass is 10.2. The second kappa shape index (κ2) is 7.13. The second-order valence-corrected chi connectivity index (χ2v) is 6.11. The van der Waals surface area contributed by atoms with Gasteiger partial charge in [-0.1, -0.05) is 72.7 Å². The molecule has 0 aliphatic heterocycles. The van der Waals surface area contributed by atoms with Crippen molar-refractivity contribution >= 4 is 16.7 Å². The van der Waals surface area contributed by atoms with E-state index in [1.54, 1.807) is 0 Å². The highest BCUT2D eigenvalue weighted by Gasteiger charge is 2.14. The molecule has 3 aromatic carbocycles. The van der Waals surface area contributed by atoms with Crippen molar-refractivity contribution in [1.82, 2.24) is 4.57 Å². The number of ketones is 1. The van der Waals surface area contributed by atoms with Crippen LogP contribution in [0.2, 0.25) is 0 Å². The van der Waals surface area contributed by atoms with E-state index in [0.29, 0.717) is 12.2 Å². The fourth-order valence-electron chi connectivity index (χ4n) is 3.05. The van der Waals surface area contributed by atoms with Crippen LogP contribution in [0.3, 0.4) is 0 Å². The minimum Gasteiger partial charge on any atom is -0.333 e. The maximum Gasteiger partial charge on any atom is 0.252 e. The molecule has 0 amide bonds. The lowest BCUT2D eigenvalue weighted by molar-refractivity contribution is 0.104. The SMILES string of the molecule is O=C(C#Cc1ccccc1)c1cc2ccccc2n1Cc1ccccc1.